The molecule has 0 aromatic heterocycles. The Labute approximate surface area is 124 Å². The van der Waals surface area contributed by atoms with Crippen molar-refractivity contribution >= 4 is 21.6 Å². The summed E-state index contributed by atoms with van der Waals surface area (Å²) in [5, 5.41) is 0. The van der Waals surface area contributed by atoms with Crippen LogP contribution < -0.4 is 9.62 Å². The van der Waals surface area contributed by atoms with Gasteiger partial charge in [-0.15, -0.1) is 0 Å². The quantitative estimate of drug-likeness (QED) is 0.915. The zero-order valence-corrected chi connectivity index (χ0v) is 12.5. The van der Waals surface area contributed by atoms with E-state index in [0.717, 1.165) is 43.4 Å². The lowest BCUT2D eigenvalue weighted by molar-refractivity contribution is -0.119. The van der Waals surface area contributed by atoms with Gasteiger partial charge in [-0.05, 0) is 55.9 Å². The molecule has 1 aromatic rings. The fourth-order valence-electron chi connectivity index (χ4n) is 2.81. The number of nitrogens with zero attached hydrogens (tertiary/aromatic N) is 1. The van der Waals surface area contributed by atoms with Gasteiger partial charge in [-0.1, -0.05) is 0 Å². The molecule has 0 saturated heterocycles. The van der Waals surface area contributed by atoms with Gasteiger partial charge in [-0.25, -0.2) is 13.1 Å². The molecule has 2 saturated carbocycles. The van der Waals surface area contributed by atoms with Gasteiger partial charge in [-0.2, -0.15) is 0 Å². The number of anilines is 1. The summed E-state index contributed by atoms with van der Waals surface area (Å²) in [6.07, 6.45) is 4.56. The van der Waals surface area contributed by atoms with Crippen LogP contribution in [0.3, 0.4) is 0 Å². The van der Waals surface area contributed by atoms with Crippen molar-refractivity contribution in [3.8, 4) is 0 Å². The molecule has 3 aliphatic rings. The number of carbonyl (C=O) groups excluding carboxylic acids is 1. The highest BCUT2D eigenvalue weighted by Crippen LogP contribution is 2.37. The van der Waals surface area contributed by atoms with Crippen LogP contribution in [0, 0.1) is 5.92 Å². The summed E-state index contributed by atoms with van der Waals surface area (Å²) < 4.78 is 27.1. The highest BCUT2D eigenvalue weighted by Gasteiger charge is 2.37. The Hall–Kier alpha value is -1.40. The Morgan fingerprint density at radius 2 is 1.95 bits per heavy atom. The normalized spacial score (nSPS) is 21.4. The minimum atomic E-state index is -3.41. The fraction of sp³-hybridized carbons (Fsp3) is 0.533. The van der Waals surface area contributed by atoms with Gasteiger partial charge < -0.3 is 4.90 Å². The number of hydrogen-bond acceptors (Lipinski definition) is 3. The van der Waals surface area contributed by atoms with Crippen molar-refractivity contribution in [3.63, 3.8) is 0 Å². The molecule has 1 aliphatic heterocycles. The van der Waals surface area contributed by atoms with Crippen LogP contribution in [0.4, 0.5) is 5.69 Å². The Bertz CT molecular complexity index is 706. The van der Waals surface area contributed by atoms with Crippen LogP contribution in [-0.2, 0) is 21.2 Å². The monoisotopic (exact) mass is 306 g/mol. The number of fused-ring (bicyclic) bond motifs is 1. The molecule has 1 N–H and O–H groups in total. The number of amides is 1. The molecule has 21 heavy (non-hydrogen) atoms. The van der Waals surface area contributed by atoms with E-state index in [2.05, 4.69) is 4.72 Å². The van der Waals surface area contributed by atoms with E-state index in [1.165, 1.54) is 0 Å². The molecule has 0 unspecified atom stereocenters. The summed E-state index contributed by atoms with van der Waals surface area (Å²) in [6.45, 7) is 0.671. The first-order valence-corrected chi connectivity index (χ1v) is 8.99. The Kier molecular flexibility index (Phi) is 2.87. The first-order valence-electron chi connectivity index (χ1n) is 7.51. The molecule has 0 bridgehead atoms. The van der Waals surface area contributed by atoms with Gasteiger partial charge in [0.05, 0.1) is 4.90 Å². The molecule has 2 fully saturated rings. The van der Waals surface area contributed by atoms with Crippen LogP contribution in [-0.4, -0.2) is 26.9 Å². The Morgan fingerprint density at radius 1 is 1.19 bits per heavy atom. The van der Waals surface area contributed by atoms with E-state index >= 15 is 0 Å². The average Bonchev–Trinajstić information content (AvgIpc) is 3.36. The molecule has 6 heteroatoms. The van der Waals surface area contributed by atoms with Crippen molar-refractivity contribution in [1.82, 2.24) is 4.72 Å². The van der Waals surface area contributed by atoms with E-state index in [-0.39, 0.29) is 17.9 Å². The lowest BCUT2D eigenvalue weighted by atomic mass is 10.2. The van der Waals surface area contributed by atoms with Crippen LogP contribution in [0.5, 0.6) is 0 Å². The van der Waals surface area contributed by atoms with Gasteiger partial charge in [0.15, 0.2) is 0 Å². The van der Waals surface area contributed by atoms with Crippen molar-refractivity contribution < 1.29 is 13.2 Å². The molecule has 0 radical (unpaired) electrons. The third-order valence-corrected chi connectivity index (χ3v) is 5.87. The maximum absolute atomic E-state index is 12.2. The molecule has 2 aliphatic carbocycles. The number of sulfonamides is 1. The lowest BCUT2D eigenvalue weighted by Crippen LogP contribution is -2.30. The van der Waals surface area contributed by atoms with Gasteiger partial charge >= 0.3 is 0 Å². The average molecular weight is 306 g/mol. The van der Waals surface area contributed by atoms with Gasteiger partial charge in [-0.3, -0.25) is 4.79 Å². The maximum Gasteiger partial charge on any atom is 0.240 e. The number of rotatable bonds is 4. The molecule has 1 amide bonds. The van der Waals surface area contributed by atoms with E-state index in [1.807, 2.05) is 4.90 Å². The van der Waals surface area contributed by atoms with E-state index in [1.54, 1.807) is 18.2 Å². The summed E-state index contributed by atoms with van der Waals surface area (Å²) in [6, 6.07) is 5.22. The van der Waals surface area contributed by atoms with Crippen molar-refractivity contribution in [2.75, 3.05) is 11.4 Å². The zero-order valence-electron chi connectivity index (χ0n) is 11.7. The van der Waals surface area contributed by atoms with Crippen molar-refractivity contribution in [3.05, 3.63) is 23.8 Å². The van der Waals surface area contributed by atoms with Crippen LogP contribution in [0.25, 0.3) is 0 Å². The second-order valence-electron chi connectivity index (χ2n) is 6.20. The molecule has 4 rings (SSSR count). The van der Waals surface area contributed by atoms with Gasteiger partial charge in [0.2, 0.25) is 15.9 Å². The smallest absolute Gasteiger partial charge is 0.240 e. The van der Waals surface area contributed by atoms with E-state index in [0.29, 0.717) is 11.4 Å². The Morgan fingerprint density at radius 3 is 2.62 bits per heavy atom. The number of carbonyl (C=O) groups is 1. The topological polar surface area (TPSA) is 66.5 Å². The summed E-state index contributed by atoms with van der Waals surface area (Å²) in [7, 11) is -3.41. The predicted octanol–water partition coefficient (Wildman–Crippen LogP) is 1.43. The summed E-state index contributed by atoms with van der Waals surface area (Å²) in [5.41, 5.74) is 1.85. The minimum absolute atomic E-state index is 0.108. The molecule has 5 nitrogen and oxygen atoms in total. The number of hydrogen-bond donors (Lipinski definition) is 1. The summed E-state index contributed by atoms with van der Waals surface area (Å²) in [5.74, 6) is 0.386. The van der Waals surface area contributed by atoms with Crippen LogP contribution in [0.1, 0.15) is 31.2 Å². The lowest BCUT2D eigenvalue weighted by Gasteiger charge is -2.17. The van der Waals surface area contributed by atoms with Gasteiger partial charge in [0.1, 0.15) is 0 Å². The molecular formula is C15H18N2O3S. The maximum atomic E-state index is 12.2. The highest BCUT2D eigenvalue weighted by atomic mass is 32.2. The highest BCUT2D eigenvalue weighted by molar-refractivity contribution is 7.89. The predicted molar refractivity (Wildman–Crippen MR) is 78.6 cm³/mol. The van der Waals surface area contributed by atoms with Crippen LogP contribution in [0.2, 0.25) is 0 Å². The summed E-state index contributed by atoms with van der Waals surface area (Å²) in [4.78, 5) is 14.3. The van der Waals surface area contributed by atoms with E-state index in [4.69, 9.17) is 0 Å². The summed E-state index contributed by atoms with van der Waals surface area (Å²) >= 11 is 0. The molecule has 0 spiro atoms. The van der Waals surface area contributed by atoms with E-state index < -0.39 is 10.0 Å². The second kappa shape index (κ2) is 4.55. The molecular weight excluding hydrogens is 288 g/mol. The third kappa shape index (κ3) is 2.46. The molecule has 1 aromatic carbocycles. The zero-order chi connectivity index (χ0) is 14.6. The van der Waals surface area contributed by atoms with E-state index in [9.17, 15) is 13.2 Å². The molecule has 1 heterocycles. The SMILES string of the molecule is O=C(C1CC1)N1CCc2cc(S(=O)(=O)NC3CC3)ccc21. The Balaban J connectivity index is 1.61. The fourth-order valence-corrected chi connectivity index (χ4v) is 4.17. The van der Waals surface area contributed by atoms with Crippen LogP contribution in [0.15, 0.2) is 23.1 Å². The standard InChI is InChI=1S/C15H18N2O3S/c18-15(10-1-2-10)17-8-7-11-9-13(5-6-14(11)17)21(19,20)16-12-3-4-12/h5-6,9-10,12,16H,1-4,7-8H2. The number of nitrogens with one attached hydrogen (secondary N) is 1. The van der Waals surface area contributed by atoms with Gasteiger partial charge in [0.25, 0.3) is 0 Å². The minimum Gasteiger partial charge on any atom is -0.312 e. The van der Waals surface area contributed by atoms with Gasteiger partial charge in [0, 0.05) is 24.2 Å². The van der Waals surface area contributed by atoms with Crippen molar-refractivity contribution in [1.29, 1.82) is 0 Å². The molecule has 112 valence electrons. The molecule has 0 atom stereocenters. The first kappa shape index (κ1) is 13.3. The third-order valence-electron chi connectivity index (χ3n) is 4.35. The second-order valence-corrected chi connectivity index (χ2v) is 7.91. The van der Waals surface area contributed by atoms with Crippen molar-refractivity contribution in [2.24, 2.45) is 5.92 Å². The van der Waals surface area contributed by atoms with Crippen LogP contribution >= 0.6 is 0 Å². The largest absolute Gasteiger partial charge is 0.312 e. The number of benzene rings is 1. The van der Waals surface area contributed by atoms with Crippen molar-refractivity contribution in [2.45, 2.75) is 43.0 Å². The first-order chi connectivity index (χ1) is 10.0.